The van der Waals surface area contributed by atoms with Crippen molar-refractivity contribution in [3.05, 3.63) is 68.3 Å². The molecule has 0 unspecified atom stereocenters. The van der Waals surface area contributed by atoms with Crippen molar-refractivity contribution in [2.75, 3.05) is 5.32 Å². The van der Waals surface area contributed by atoms with Crippen LogP contribution in [0.25, 0.3) is 6.08 Å². The first-order valence-electron chi connectivity index (χ1n) is 6.00. The fourth-order valence-corrected chi connectivity index (χ4v) is 1.83. The van der Waals surface area contributed by atoms with Crippen LogP contribution in [0.15, 0.2) is 42.6 Å². The number of nitro groups is 1. The second-order valence-electron chi connectivity index (χ2n) is 4.15. The Bertz CT molecular complexity index is 745. The van der Waals surface area contributed by atoms with Crippen molar-refractivity contribution in [2.45, 2.75) is 0 Å². The van der Waals surface area contributed by atoms with Crippen LogP contribution in [0.5, 0.6) is 0 Å². The third-order valence-corrected chi connectivity index (χ3v) is 3.32. The second kappa shape index (κ2) is 7.02. The zero-order valence-electron chi connectivity index (χ0n) is 11.0. The van der Waals surface area contributed by atoms with E-state index in [-0.39, 0.29) is 11.5 Å². The van der Waals surface area contributed by atoms with Crippen molar-refractivity contribution in [1.29, 1.82) is 0 Å². The Kier molecular flexibility index (Phi) is 5.08. The lowest BCUT2D eigenvalue weighted by Crippen LogP contribution is -2.09. The molecule has 0 saturated carbocycles. The van der Waals surface area contributed by atoms with Gasteiger partial charge in [0.05, 0.1) is 15.0 Å². The fraction of sp³-hybridized carbons (Fsp3) is 0. The molecule has 1 aromatic carbocycles. The Labute approximate surface area is 135 Å². The number of hydrogen-bond acceptors (Lipinski definition) is 4. The molecule has 0 aliphatic carbocycles. The van der Waals surface area contributed by atoms with Crippen LogP contribution in [-0.2, 0) is 4.79 Å². The molecule has 0 aliphatic rings. The van der Waals surface area contributed by atoms with Crippen molar-refractivity contribution >= 4 is 46.7 Å². The SMILES string of the molecule is O=C(/C=C\c1ccc(Cl)c(Cl)c1)Nc1ccc([N+](=O)[O-])cn1. The van der Waals surface area contributed by atoms with E-state index >= 15 is 0 Å². The van der Waals surface area contributed by atoms with Crippen molar-refractivity contribution < 1.29 is 9.72 Å². The highest BCUT2D eigenvalue weighted by atomic mass is 35.5. The van der Waals surface area contributed by atoms with Gasteiger partial charge >= 0.3 is 0 Å². The van der Waals surface area contributed by atoms with Gasteiger partial charge in [0.25, 0.3) is 5.69 Å². The summed E-state index contributed by atoms with van der Waals surface area (Å²) in [6.45, 7) is 0. The number of carbonyl (C=O) groups excluding carboxylic acids is 1. The van der Waals surface area contributed by atoms with Crippen molar-refractivity contribution in [1.82, 2.24) is 4.98 Å². The van der Waals surface area contributed by atoms with E-state index in [9.17, 15) is 14.9 Å². The van der Waals surface area contributed by atoms with Gasteiger partial charge in [-0.05, 0) is 29.8 Å². The van der Waals surface area contributed by atoms with Crippen LogP contribution in [0.2, 0.25) is 10.0 Å². The largest absolute Gasteiger partial charge is 0.307 e. The van der Waals surface area contributed by atoms with Crippen LogP contribution in [-0.4, -0.2) is 15.8 Å². The molecule has 112 valence electrons. The molecule has 0 radical (unpaired) electrons. The van der Waals surface area contributed by atoms with Gasteiger partial charge in [-0.1, -0.05) is 29.3 Å². The third kappa shape index (κ3) is 4.28. The molecule has 1 N–H and O–H groups in total. The minimum Gasteiger partial charge on any atom is -0.307 e. The first-order valence-corrected chi connectivity index (χ1v) is 6.76. The van der Waals surface area contributed by atoms with Crippen LogP contribution in [0.1, 0.15) is 5.56 Å². The lowest BCUT2D eigenvalue weighted by molar-refractivity contribution is -0.385. The summed E-state index contributed by atoms with van der Waals surface area (Å²) in [7, 11) is 0. The van der Waals surface area contributed by atoms with Crippen LogP contribution >= 0.6 is 23.2 Å². The van der Waals surface area contributed by atoms with Gasteiger partial charge in [-0.2, -0.15) is 0 Å². The Morgan fingerprint density at radius 2 is 2.00 bits per heavy atom. The number of nitrogens with one attached hydrogen (secondary N) is 1. The van der Waals surface area contributed by atoms with Gasteiger partial charge in [-0.25, -0.2) is 4.98 Å². The first-order chi connectivity index (χ1) is 10.5. The van der Waals surface area contributed by atoms with E-state index in [1.165, 1.54) is 18.2 Å². The van der Waals surface area contributed by atoms with Gasteiger partial charge in [0.1, 0.15) is 12.0 Å². The van der Waals surface area contributed by atoms with Gasteiger partial charge < -0.3 is 5.32 Å². The number of nitrogens with zero attached hydrogens (tertiary/aromatic N) is 2. The quantitative estimate of drug-likeness (QED) is 0.520. The van der Waals surface area contributed by atoms with Crippen LogP contribution < -0.4 is 5.32 Å². The first kappa shape index (κ1) is 15.9. The predicted octanol–water partition coefficient (Wildman–Crippen LogP) is 3.95. The van der Waals surface area contributed by atoms with Crippen LogP contribution in [0.4, 0.5) is 11.5 Å². The van der Waals surface area contributed by atoms with Crippen LogP contribution in [0.3, 0.4) is 0 Å². The number of halogens is 2. The molecule has 2 aromatic rings. The smallest absolute Gasteiger partial charge is 0.287 e. The number of hydrogen-bond donors (Lipinski definition) is 1. The maximum Gasteiger partial charge on any atom is 0.287 e. The molecule has 6 nitrogen and oxygen atoms in total. The summed E-state index contributed by atoms with van der Waals surface area (Å²) in [6, 6.07) is 7.56. The number of pyridine rings is 1. The highest BCUT2D eigenvalue weighted by Gasteiger charge is 2.06. The van der Waals surface area contributed by atoms with E-state index in [0.717, 1.165) is 6.20 Å². The second-order valence-corrected chi connectivity index (χ2v) is 4.97. The number of aromatic nitrogens is 1. The summed E-state index contributed by atoms with van der Waals surface area (Å²) in [5, 5.41) is 13.8. The fourth-order valence-electron chi connectivity index (χ4n) is 1.52. The molecule has 1 amide bonds. The normalized spacial score (nSPS) is 10.6. The Morgan fingerprint density at radius 1 is 1.23 bits per heavy atom. The van der Waals surface area contributed by atoms with Gasteiger partial charge in [0, 0.05) is 12.1 Å². The zero-order chi connectivity index (χ0) is 16.1. The average molecular weight is 338 g/mol. The van der Waals surface area contributed by atoms with Crippen molar-refractivity contribution in [3.8, 4) is 0 Å². The highest BCUT2D eigenvalue weighted by Crippen LogP contribution is 2.23. The molecule has 22 heavy (non-hydrogen) atoms. The monoisotopic (exact) mass is 337 g/mol. The van der Waals surface area contributed by atoms with Crippen LogP contribution in [0, 0.1) is 10.1 Å². The minimum absolute atomic E-state index is 0.149. The minimum atomic E-state index is -0.567. The van der Waals surface area contributed by atoms with E-state index < -0.39 is 10.8 Å². The van der Waals surface area contributed by atoms with E-state index in [1.54, 1.807) is 24.3 Å². The lowest BCUT2D eigenvalue weighted by atomic mass is 10.2. The van der Waals surface area contributed by atoms with E-state index in [1.807, 2.05) is 0 Å². The van der Waals surface area contributed by atoms with Crippen molar-refractivity contribution in [3.63, 3.8) is 0 Å². The summed E-state index contributed by atoms with van der Waals surface area (Å²) in [5.74, 6) is -0.207. The lowest BCUT2D eigenvalue weighted by Gasteiger charge is -2.01. The molecule has 1 heterocycles. The molecule has 0 atom stereocenters. The van der Waals surface area contributed by atoms with Gasteiger partial charge in [-0.15, -0.1) is 0 Å². The number of anilines is 1. The molecule has 2 rings (SSSR count). The molecule has 0 saturated heterocycles. The summed E-state index contributed by atoms with van der Waals surface area (Å²) in [5.41, 5.74) is 0.561. The predicted molar refractivity (Wildman–Crippen MR) is 85.0 cm³/mol. The molecule has 0 spiro atoms. The van der Waals surface area contributed by atoms with E-state index in [0.29, 0.717) is 15.6 Å². The number of rotatable bonds is 4. The number of benzene rings is 1. The van der Waals surface area contributed by atoms with Gasteiger partial charge in [0.2, 0.25) is 5.91 Å². The highest BCUT2D eigenvalue weighted by molar-refractivity contribution is 6.42. The van der Waals surface area contributed by atoms with E-state index in [4.69, 9.17) is 23.2 Å². The molecule has 0 bridgehead atoms. The summed E-state index contributed by atoms with van der Waals surface area (Å²) in [6.07, 6.45) is 3.92. The Hall–Kier alpha value is -2.44. The van der Waals surface area contributed by atoms with Gasteiger partial charge in [0.15, 0.2) is 0 Å². The summed E-state index contributed by atoms with van der Waals surface area (Å²) >= 11 is 11.7. The molecular formula is C14H9Cl2N3O3. The average Bonchev–Trinajstić information content (AvgIpc) is 2.49. The zero-order valence-corrected chi connectivity index (χ0v) is 12.5. The Balaban J connectivity index is 2.01. The van der Waals surface area contributed by atoms with Crippen molar-refractivity contribution in [2.24, 2.45) is 0 Å². The number of amides is 1. The number of carbonyl (C=O) groups is 1. The third-order valence-electron chi connectivity index (χ3n) is 2.58. The topological polar surface area (TPSA) is 85.1 Å². The Morgan fingerprint density at radius 3 is 2.59 bits per heavy atom. The maximum atomic E-state index is 11.7. The van der Waals surface area contributed by atoms with Gasteiger partial charge in [-0.3, -0.25) is 14.9 Å². The summed E-state index contributed by atoms with van der Waals surface area (Å²) < 4.78 is 0. The molecule has 0 aliphatic heterocycles. The summed E-state index contributed by atoms with van der Waals surface area (Å²) in [4.78, 5) is 25.4. The molecule has 0 fully saturated rings. The van der Waals surface area contributed by atoms with E-state index in [2.05, 4.69) is 10.3 Å². The molecule has 1 aromatic heterocycles. The standard InChI is InChI=1S/C14H9Cl2N3O3/c15-11-4-1-9(7-12(11)16)2-6-14(20)18-13-5-3-10(8-17-13)19(21)22/h1-8H,(H,17,18,20)/b6-2-. The molecular weight excluding hydrogens is 329 g/mol. The molecule has 8 heteroatoms. The maximum absolute atomic E-state index is 11.7.